The highest BCUT2D eigenvalue weighted by Gasteiger charge is 2.21. The molecule has 3 rings (SSSR count). The molecular weight excluding hydrogens is 392 g/mol. The third-order valence-corrected chi connectivity index (χ3v) is 5.66. The SMILES string of the molecule is CC(C)c1c(C#N)c(N)nc(SCC(=O)c2ccc(-c3ccccc3)cc2)c1C#N. The predicted molar refractivity (Wildman–Crippen MR) is 119 cm³/mol. The highest BCUT2D eigenvalue weighted by Crippen LogP contribution is 2.33. The van der Waals surface area contributed by atoms with Crippen molar-refractivity contribution in [3.8, 4) is 23.3 Å². The lowest BCUT2D eigenvalue weighted by Gasteiger charge is -2.15. The van der Waals surface area contributed by atoms with Gasteiger partial charge in [0.25, 0.3) is 0 Å². The molecule has 6 heteroatoms. The number of carbonyl (C=O) groups is 1. The standard InChI is InChI=1S/C24H20N4OS/c1-15(2)22-19(12-25)23(27)28-24(20(22)13-26)30-14-21(29)18-10-8-17(9-11-18)16-6-4-3-5-7-16/h3-11,15H,14H2,1-2H3,(H2,27,28). The van der Waals surface area contributed by atoms with E-state index in [9.17, 15) is 15.3 Å². The summed E-state index contributed by atoms with van der Waals surface area (Å²) in [5.41, 5.74) is 9.78. The van der Waals surface area contributed by atoms with E-state index in [0.717, 1.165) is 11.1 Å². The molecule has 30 heavy (non-hydrogen) atoms. The second-order valence-corrected chi connectivity index (χ2v) is 7.96. The minimum absolute atomic E-state index is 0.0693. The van der Waals surface area contributed by atoms with E-state index in [1.54, 1.807) is 12.1 Å². The van der Waals surface area contributed by atoms with Crippen LogP contribution in [0.1, 0.15) is 46.8 Å². The number of nitrogen functional groups attached to an aromatic ring is 1. The number of benzene rings is 2. The van der Waals surface area contributed by atoms with Gasteiger partial charge < -0.3 is 5.73 Å². The number of rotatable bonds is 6. The molecule has 5 nitrogen and oxygen atoms in total. The molecule has 3 aromatic rings. The molecule has 0 bridgehead atoms. The molecule has 0 saturated heterocycles. The fourth-order valence-corrected chi connectivity index (χ4v) is 4.10. The third kappa shape index (κ3) is 4.35. The molecule has 148 valence electrons. The van der Waals surface area contributed by atoms with Crippen molar-refractivity contribution in [2.24, 2.45) is 0 Å². The van der Waals surface area contributed by atoms with Gasteiger partial charge in [0.05, 0.1) is 16.9 Å². The molecule has 1 heterocycles. The average molecular weight is 413 g/mol. The summed E-state index contributed by atoms with van der Waals surface area (Å²) in [6.45, 7) is 3.79. The quantitative estimate of drug-likeness (QED) is 0.442. The molecule has 0 unspecified atom stereocenters. The van der Waals surface area contributed by atoms with E-state index in [0.29, 0.717) is 21.7 Å². The number of thioether (sulfide) groups is 1. The molecule has 0 spiro atoms. The first-order valence-electron chi connectivity index (χ1n) is 9.41. The summed E-state index contributed by atoms with van der Waals surface area (Å²) in [6, 6.07) is 21.6. The van der Waals surface area contributed by atoms with E-state index in [1.807, 2.05) is 62.4 Å². The van der Waals surface area contributed by atoms with Gasteiger partial charge in [0.15, 0.2) is 5.78 Å². The monoisotopic (exact) mass is 412 g/mol. The summed E-state index contributed by atoms with van der Waals surface area (Å²) in [5.74, 6) is 0.0665. The number of nitrogens with zero attached hydrogens (tertiary/aromatic N) is 3. The maximum absolute atomic E-state index is 12.7. The van der Waals surface area contributed by atoms with E-state index in [1.165, 1.54) is 11.8 Å². The van der Waals surface area contributed by atoms with Gasteiger partial charge in [0.1, 0.15) is 23.0 Å². The van der Waals surface area contributed by atoms with Crippen molar-refractivity contribution in [3.05, 3.63) is 76.9 Å². The van der Waals surface area contributed by atoms with Gasteiger partial charge in [0, 0.05) is 5.56 Å². The van der Waals surface area contributed by atoms with Crippen LogP contribution in [0.5, 0.6) is 0 Å². The number of hydrogen-bond donors (Lipinski definition) is 1. The zero-order chi connectivity index (χ0) is 21.7. The Morgan fingerprint density at radius 2 is 1.60 bits per heavy atom. The number of carbonyl (C=O) groups excluding carboxylic acids is 1. The van der Waals surface area contributed by atoms with Crippen LogP contribution in [-0.4, -0.2) is 16.5 Å². The van der Waals surface area contributed by atoms with Crippen LogP contribution in [0.4, 0.5) is 5.82 Å². The molecule has 0 aliphatic carbocycles. The lowest BCUT2D eigenvalue weighted by atomic mass is 9.94. The number of Topliss-reactive ketones (excluding diaryl/α,β-unsaturated/α-hetero) is 1. The smallest absolute Gasteiger partial charge is 0.173 e. The van der Waals surface area contributed by atoms with Gasteiger partial charge in [0.2, 0.25) is 0 Å². The molecule has 0 aliphatic heterocycles. The summed E-state index contributed by atoms with van der Waals surface area (Å²) in [7, 11) is 0. The van der Waals surface area contributed by atoms with Crippen LogP contribution in [0.2, 0.25) is 0 Å². The highest BCUT2D eigenvalue weighted by molar-refractivity contribution is 8.00. The highest BCUT2D eigenvalue weighted by atomic mass is 32.2. The van der Waals surface area contributed by atoms with E-state index in [4.69, 9.17) is 5.73 Å². The van der Waals surface area contributed by atoms with Gasteiger partial charge in [-0.05, 0) is 22.6 Å². The first kappa shape index (κ1) is 21.1. The van der Waals surface area contributed by atoms with Gasteiger partial charge in [-0.25, -0.2) is 4.98 Å². The van der Waals surface area contributed by atoms with Crippen molar-refractivity contribution in [2.75, 3.05) is 11.5 Å². The van der Waals surface area contributed by atoms with Crippen LogP contribution in [-0.2, 0) is 0 Å². The minimum atomic E-state index is -0.0701. The molecule has 0 radical (unpaired) electrons. The zero-order valence-electron chi connectivity index (χ0n) is 16.7. The molecule has 0 fully saturated rings. The third-order valence-electron chi connectivity index (χ3n) is 4.69. The van der Waals surface area contributed by atoms with Crippen LogP contribution in [0.15, 0.2) is 59.6 Å². The number of pyridine rings is 1. The Kier molecular flexibility index (Phi) is 6.51. The van der Waals surface area contributed by atoms with E-state index in [2.05, 4.69) is 11.1 Å². The Labute approximate surface area is 180 Å². The van der Waals surface area contributed by atoms with Crippen molar-refractivity contribution < 1.29 is 4.79 Å². The largest absolute Gasteiger partial charge is 0.383 e. The fraction of sp³-hybridized carbons (Fsp3) is 0.167. The summed E-state index contributed by atoms with van der Waals surface area (Å²) in [6.07, 6.45) is 0. The summed E-state index contributed by atoms with van der Waals surface area (Å²) in [4.78, 5) is 16.9. The second-order valence-electron chi connectivity index (χ2n) is 7.00. The van der Waals surface area contributed by atoms with E-state index in [-0.39, 0.29) is 28.8 Å². The number of aromatic nitrogens is 1. The average Bonchev–Trinajstić information content (AvgIpc) is 2.77. The molecule has 2 N–H and O–H groups in total. The Bertz CT molecular complexity index is 1160. The van der Waals surface area contributed by atoms with Gasteiger partial charge in [-0.3, -0.25) is 4.79 Å². The Morgan fingerprint density at radius 3 is 2.17 bits per heavy atom. The lowest BCUT2D eigenvalue weighted by molar-refractivity contribution is 0.102. The summed E-state index contributed by atoms with van der Waals surface area (Å²) >= 11 is 1.17. The van der Waals surface area contributed by atoms with Gasteiger partial charge >= 0.3 is 0 Å². The second kappa shape index (κ2) is 9.26. The summed E-state index contributed by atoms with van der Waals surface area (Å²) < 4.78 is 0. The van der Waals surface area contributed by atoms with E-state index >= 15 is 0 Å². The molecule has 1 aromatic heterocycles. The van der Waals surface area contributed by atoms with E-state index < -0.39 is 0 Å². The van der Waals surface area contributed by atoms with Crippen molar-refractivity contribution in [1.29, 1.82) is 10.5 Å². The summed E-state index contributed by atoms with van der Waals surface area (Å²) in [5, 5.41) is 19.4. The molecule has 0 atom stereocenters. The zero-order valence-corrected chi connectivity index (χ0v) is 17.5. The van der Waals surface area contributed by atoms with Crippen molar-refractivity contribution in [2.45, 2.75) is 24.8 Å². The molecule has 2 aromatic carbocycles. The van der Waals surface area contributed by atoms with Crippen molar-refractivity contribution in [1.82, 2.24) is 4.98 Å². The Hall–Kier alpha value is -3.61. The van der Waals surface area contributed by atoms with Crippen LogP contribution in [0.3, 0.4) is 0 Å². The van der Waals surface area contributed by atoms with Crippen LogP contribution in [0.25, 0.3) is 11.1 Å². The van der Waals surface area contributed by atoms with Crippen LogP contribution < -0.4 is 5.73 Å². The van der Waals surface area contributed by atoms with Gasteiger partial charge in [-0.1, -0.05) is 80.2 Å². The fourth-order valence-electron chi connectivity index (χ4n) is 3.20. The maximum atomic E-state index is 12.7. The number of hydrogen-bond acceptors (Lipinski definition) is 6. The molecular formula is C24H20N4OS. The lowest BCUT2D eigenvalue weighted by Crippen LogP contribution is -2.09. The number of ketones is 1. The van der Waals surface area contributed by atoms with Crippen molar-refractivity contribution in [3.63, 3.8) is 0 Å². The van der Waals surface area contributed by atoms with Gasteiger partial charge in [-0.2, -0.15) is 10.5 Å². The molecule has 0 amide bonds. The van der Waals surface area contributed by atoms with Crippen LogP contribution in [0, 0.1) is 22.7 Å². The first-order chi connectivity index (χ1) is 14.5. The Morgan fingerprint density at radius 1 is 1.00 bits per heavy atom. The molecule has 0 aliphatic rings. The molecule has 0 saturated carbocycles. The topological polar surface area (TPSA) is 104 Å². The normalized spacial score (nSPS) is 10.4. The first-order valence-corrected chi connectivity index (χ1v) is 10.4. The number of nitrogens with two attached hydrogens (primary N) is 1. The predicted octanol–water partition coefficient (Wildman–Crippen LogP) is 5.17. The minimum Gasteiger partial charge on any atom is -0.383 e. The van der Waals surface area contributed by atoms with Gasteiger partial charge in [-0.15, -0.1) is 0 Å². The van der Waals surface area contributed by atoms with Crippen LogP contribution >= 0.6 is 11.8 Å². The number of nitriles is 2. The maximum Gasteiger partial charge on any atom is 0.173 e. The number of anilines is 1. The van der Waals surface area contributed by atoms with Crippen molar-refractivity contribution >= 4 is 23.4 Å². The Balaban J connectivity index is 1.81.